The van der Waals surface area contributed by atoms with Crippen LogP contribution in [0.4, 0.5) is 0 Å². The van der Waals surface area contributed by atoms with Gasteiger partial charge in [0.2, 0.25) is 0 Å². The van der Waals surface area contributed by atoms with Crippen molar-refractivity contribution in [3.63, 3.8) is 0 Å². The zero-order valence-electron chi connectivity index (χ0n) is 13.6. The van der Waals surface area contributed by atoms with Crippen molar-refractivity contribution in [1.82, 2.24) is 4.90 Å². The van der Waals surface area contributed by atoms with Crippen molar-refractivity contribution >= 4 is 0 Å². The van der Waals surface area contributed by atoms with Crippen LogP contribution >= 0.6 is 0 Å². The van der Waals surface area contributed by atoms with Gasteiger partial charge in [-0.1, -0.05) is 51.9 Å². The van der Waals surface area contributed by atoms with E-state index in [0.717, 1.165) is 6.54 Å². The Morgan fingerprint density at radius 1 is 1.05 bits per heavy atom. The lowest BCUT2D eigenvalue weighted by molar-refractivity contribution is 0.111. The van der Waals surface area contributed by atoms with Crippen molar-refractivity contribution in [2.45, 2.75) is 96.6 Å². The van der Waals surface area contributed by atoms with Crippen LogP contribution in [0.25, 0.3) is 0 Å². The smallest absolute Gasteiger partial charge is 0.0223 e. The summed E-state index contributed by atoms with van der Waals surface area (Å²) in [5, 5.41) is 0. The average molecular weight is 268 g/mol. The highest BCUT2D eigenvalue weighted by atomic mass is 15.2. The van der Waals surface area contributed by atoms with Crippen molar-refractivity contribution in [3.05, 3.63) is 0 Å². The fourth-order valence-corrected chi connectivity index (χ4v) is 3.54. The SMILES string of the molecule is CCCCCCCCCC(CN)N1CCCC1(C)C. The first-order valence-electron chi connectivity index (χ1n) is 8.58. The molecule has 0 spiro atoms. The highest BCUT2D eigenvalue weighted by Gasteiger charge is 2.35. The van der Waals surface area contributed by atoms with Crippen molar-refractivity contribution in [3.8, 4) is 0 Å². The van der Waals surface area contributed by atoms with E-state index in [1.165, 1.54) is 70.8 Å². The number of rotatable bonds is 10. The van der Waals surface area contributed by atoms with Gasteiger partial charge in [0.25, 0.3) is 0 Å². The van der Waals surface area contributed by atoms with Gasteiger partial charge in [-0.3, -0.25) is 4.90 Å². The molecule has 1 saturated heterocycles. The maximum absolute atomic E-state index is 6.01. The van der Waals surface area contributed by atoms with E-state index in [1.54, 1.807) is 0 Å². The fraction of sp³-hybridized carbons (Fsp3) is 1.00. The third-order valence-electron chi connectivity index (χ3n) is 4.82. The summed E-state index contributed by atoms with van der Waals surface area (Å²) in [5.74, 6) is 0. The Hall–Kier alpha value is -0.0800. The maximum atomic E-state index is 6.01. The average Bonchev–Trinajstić information content (AvgIpc) is 2.73. The molecule has 0 saturated carbocycles. The third-order valence-corrected chi connectivity index (χ3v) is 4.82. The summed E-state index contributed by atoms with van der Waals surface area (Å²) in [5.41, 5.74) is 6.39. The van der Waals surface area contributed by atoms with E-state index < -0.39 is 0 Å². The second-order valence-corrected chi connectivity index (χ2v) is 6.91. The second-order valence-electron chi connectivity index (χ2n) is 6.91. The standard InChI is InChI=1S/C17H36N2/c1-4-5-6-7-8-9-10-12-16(15-18)19-14-11-13-17(19,2)3/h16H,4-15,18H2,1-3H3. The van der Waals surface area contributed by atoms with Gasteiger partial charge in [-0.25, -0.2) is 0 Å². The molecular weight excluding hydrogens is 232 g/mol. The van der Waals surface area contributed by atoms with Crippen LogP contribution in [-0.4, -0.2) is 29.6 Å². The van der Waals surface area contributed by atoms with Gasteiger partial charge in [0.1, 0.15) is 0 Å². The van der Waals surface area contributed by atoms with Crippen molar-refractivity contribution in [1.29, 1.82) is 0 Å². The summed E-state index contributed by atoms with van der Waals surface area (Å²) in [6.45, 7) is 9.13. The van der Waals surface area contributed by atoms with Crippen molar-refractivity contribution < 1.29 is 0 Å². The molecule has 1 heterocycles. The Bertz CT molecular complexity index is 225. The minimum Gasteiger partial charge on any atom is -0.329 e. The Morgan fingerprint density at radius 3 is 2.21 bits per heavy atom. The molecule has 1 atom stereocenters. The molecule has 0 aromatic rings. The van der Waals surface area contributed by atoms with Gasteiger partial charge < -0.3 is 5.73 Å². The summed E-state index contributed by atoms with van der Waals surface area (Å²) in [6, 6.07) is 0.619. The van der Waals surface area contributed by atoms with E-state index in [-0.39, 0.29) is 0 Å². The molecule has 0 aromatic heterocycles. The van der Waals surface area contributed by atoms with E-state index in [1.807, 2.05) is 0 Å². The molecule has 0 bridgehead atoms. The Labute approximate surface area is 121 Å². The summed E-state index contributed by atoms with van der Waals surface area (Å²) in [4.78, 5) is 2.67. The van der Waals surface area contributed by atoms with Crippen LogP contribution in [0.5, 0.6) is 0 Å². The van der Waals surface area contributed by atoms with Gasteiger partial charge in [-0.2, -0.15) is 0 Å². The Balaban J connectivity index is 2.15. The lowest BCUT2D eigenvalue weighted by Crippen LogP contribution is -2.48. The third kappa shape index (κ3) is 5.83. The zero-order valence-corrected chi connectivity index (χ0v) is 13.6. The van der Waals surface area contributed by atoms with Gasteiger partial charge in [-0.15, -0.1) is 0 Å². The van der Waals surface area contributed by atoms with Crippen molar-refractivity contribution in [2.75, 3.05) is 13.1 Å². The normalized spacial score (nSPS) is 20.8. The molecule has 114 valence electrons. The van der Waals surface area contributed by atoms with E-state index in [4.69, 9.17) is 5.73 Å². The van der Waals surface area contributed by atoms with Gasteiger partial charge in [0.05, 0.1) is 0 Å². The minimum absolute atomic E-state index is 0.380. The molecule has 0 radical (unpaired) electrons. The van der Waals surface area contributed by atoms with Crippen LogP contribution in [0.3, 0.4) is 0 Å². The molecule has 19 heavy (non-hydrogen) atoms. The first-order valence-corrected chi connectivity index (χ1v) is 8.58. The molecule has 1 unspecified atom stereocenters. The highest BCUT2D eigenvalue weighted by Crippen LogP contribution is 2.31. The summed E-state index contributed by atoms with van der Waals surface area (Å²) in [6.07, 6.45) is 13.8. The van der Waals surface area contributed by atoms with Crippen LogP contribution < -0.4 is 5.73 Å². The predicted octanol–water partition coefficient (Wildman–Crippen LogP) is 4.33. The summed E-state index contributed by atoms with van der Waals surface area (Å²) < 4.78 is 0. The largest absolute Gasteiger partial charge is 0.329 e. The van der Waals surface area contributed by atoms with Crippen molar-refractivity contribution in [2.24, 2.45) is 5.73 Å². The Kier molecular flexibility index (Phi) is 8.01. The molecule has 2 nitrogen and oxygen atoms in total. The highest BCUT2D eigenvalue weighted by molar-refractivity contribution is 4.92. The number of nitrogens with two attached hydrogens (primary N) is 1. The minimum atomic E-state index is 0.380. The summed E-state index contributed by atoms with van der Waals surface area (Å²) >= 11 is 0. The van der Waals surface area contributed by atoms with Crippen LogP contribution in [0.2, 0.25) is 0 Å². The number of unbranched alkanes of at least 4 members (excludes halogenated alkanes) is 6. The quantitative estimate of drug-likeness (QED) is 0.598. The number of likely N-dealkylation sites (tertiary alicyclic amines) is 1. The van der Waals surface area contributed by atoms with Gasteiger partial charge in [-0.05, 0) is 39.7 Å². The molecule has 2 heteroatoms. The van der Waals surface area contributed by atoms with E-state index in [2.05, 4.69) is 25.7 Å². The topological polar surface area (TPSA) is 29.3 Å². The van der Waals surface area contributed by atoms with E-state index >= 15 is 0 Å². The number of hydrogen-bond acceptors (Lipinski definition) is 2. The van der Waals surface area contributed by atoms with Crippen LogP contribution in [0.1, 0.15) is 85.0 Å². The van der Waals surface area contributed by atoms with E-state index in [9.17, 15) is 0 Å². The first kappa shape index (κ1) is 17.0. The van der Waals surface area contributed by atoms with Gasteiger partial charge >= 0.3 is 0 Å². The van der Waals surface area contributed by atoms with Gasteiger partial charge in [0.15, 0.2) is 0 Å². The number of nitrogens with zero attached hydrogens (tertiary/aromatic N) is 1. The lowest BCUT2D eigenvalue weighted by Gasteiger charge is -2.38. The summed E-state index contributed by atoms with van der Waals surface area (Å²) in [7, 11) is 0. The monoisotopic (exact) mass is 268 g/mol. The van der Waals surface area contributed by atoms with Crippen LogP contribution in [0, 0.1) is 0 Å². The van der Waals surface area contributed by atoms with Crippen LogP contribution in [-0.2, 0) is 0 Å². The lowest BCUT2D eigenvalue weighted by atomic mass is 9.98. The zero-order chi connectivity index (χ0) is 14.1. The second kappa shape index (κ2) is 8.97. The molecule has 0 amide bonds. The number of hydrogen-bond donors (Lipinski definition) is 1. The molecular formula is C17H36N2. The van der Waals surface area contributed by atoms with Crippen LogP contribution in [0.15, 0.2) is 0 Å². The predicted molar refractivity (Wildman–Crippen MR) is 85.5 cm³/mol. The Morgan fingerprint density at radius 2 is 1.68 bits per heavy atom. The molecule has 1 aliphatic heterocycles. The maximum Gasteiger partial charge on any atom is 0.0223 e. The van der Waals surface area contributed by atoms with Gasteiger partial charge in [0, 0.05) is 18.1 Å². The fourth-order valence-electron chi connectivity index (χ4n) is 3.54. The molecule has 0 aromatic carbocycles. The molecule has 0 aliphatic carbocycles. The molecule has 1 fully saturated rings. The molecule has 1 aliphatic rings. The first-order chi connectivity index (χ1) is 9.11. The molecule has 1 rings (SSSR count). The molecule has 2 N–H and O–H groups in total. The van der Waals surface area contributed by atoms with E-state index in [0.29, 0.717) is 11.6 Å².